The molecule has 0 aliphatic carbocycles. The van der Waals surface area contributed by atoms with Crippen LogP contribution in [-0.2, 0) is 10.0 Å². The first-order valence-corrected chi connectivity index (χ1v) is 14.9. The first-order chi connectivity index (χ1) is 19.3. The van der Waals surface area contributed by atoms with Crippen molar-refractivity contribution in [3.05, 3.63) is 93.6 Å². The average Bonchev–Trinajstić information content (AvgIpc) is 2.89. The maximum atomic E-state index is 13.4. The molecule has 0 radical (unpaired) electrons. The standard InChI is InChI=1S/C31H32ClN3O5S/c1-18(2)17-39-27-16-23(10-12-25(27)32)26-13-11-24(30(36)35-41(37,38)28-9-7-8-22(6)33-28)31(34-26)40-29-20(4)14-19(3)15-21(29)5/h7-16,18H,17H2,1-6H3,(H,35,36). The number of aromatic nitrogens is 2. The Balaban J connectivity index is 1.77. The Hall–Kier alpha value is -3.95. The molecule has 41 heavy (non-hydrogen) atoms. The quantitative estimate of drug-likeness (QED) is 0.223. The van der Waals surface area contributed by atoms with Crippen molar-refractivity contribution in [2.24, 2.45) is 5.92 Å². The van der Waals surface area contributed by atoms with Crippen molar-refractivity contribution >= 4 is 27.5 Å². The van der Waals surface area contributed by atoms with Crippen LogP contribution >= 0.6 is 11.6 Å². The Kier molecular flexibility index (Phi) is 8.99. The van der Waals surface area contributed by atoms with Gasteiger partial charge in [-0.15, -0.1) is 0 Å². The largest absolute Gasteiger partial charge is 0.492 e. The maximum absolute atomic E-state index is 13.4. The molecule has 0 atom stereocenters. The number of aryl methyl sites for hydroxylation is 4. The van der Waals surface area contributed by atoms with Crippen LogP contribution in [0.5, 0.6) is 17.4 Å². The molecule has 0 aliphatic heterocycles. The van der Waals surface area contributed by atoms with Crippen LogP contribution in [0.1, 0.15) is 46.6 Å². The Morgan fingerprint density at radius 1 is 0.951 bits per heavy atom. The van der Waals surface area contributed by atoms with Gasteiger partial charge < -0.3 is 9.47 Å². The highest BCUT2D eigenvalue weighted by Gasteiger charge is 2.25. The molecule has 10 heteroatoms. The van der Waals surface area contributed by atoms with Crippen LogP contribution in [0.3, 0.4) is 0 Å². The van der Waals surface area contributed by atoms with Crippen LogP contribution in [0.2, 0.25) is 5.02 Å². The summed E-state index contributed by atoms with van der Waals surface area (Å²) >= 11 is 6.36. The van der Waals surface area contributed by atoms with Gasteiger partial charge in [0.1, 0.15) is 17.1 Å². The fraction of sp³-hybridized carbons (Fsp3) is 0.258. The molecule has 214 valence electrons. The number of amides is 1. The lowest BCUT2D eigenvalue weighted by Crippen LogP contribution is -2.31. The summed E-state index contributed by atoms with van der Waals surface area (Å²) in [6.45, 7) is 12.0. The second-order valence-electron chi connectivity index (χ2n) is 10.3. The first-order valence-electron chi connectivity index (χ1n) is 13.0. The van der Waals surface area contributed by atoms with Gasteiger partial charge in [-0.25, -0.2) is 14.7 Å². The van der Waals surface area contributed by atoms with E-state index in [-0.39, 0.29) is 16.5 Å². The second kappa shape index (κ2) is 12.3. The smallest absolute Gasteiger partial charge is 0.281 e. The number of hydrogen-bond donors (Lipinski definition) is 1. The lowest BCUT2D eigenvalue weighted by molar-refractivity contribution is 0.0978. The van der Waals surface area contributed by atoms with E-state index in [0.717, 1.165) is 16.7 Å². The molecule has 0 saturated carbocycles. The number of sulfonamides is 1. The monoisotopic (exact) mass is 593 g/mol. The van der Waals surface area contributed by atoms with Crippen molar-refractivity contribution in [2.75, 3.05) is 6.61 Å². The van der Waals surface area contributed by atoms with Gasteiger partial charge in [-0.3, -0.25) is 4.79 Å². The number of rotatable bonds is 9. The zero-order valence-corrected chi connectivity index (χ0v) is 25.4. The van der Waals surface area contributed by atoms with Gasteiger partial charge in [-0.1, -0.05) is 55.3 Å². The summed E-state index contributed by atoms with van der Waals surface area (Å²) in [5, 5.41) is 0.195. The Morgan fingerprint density at radius 2 is 1.66 bits per heavy atom. The summed E-state index contributed by atoms with van der Waals surface area (Å²) in [6.07, 6.45) is 0. The normalized spacial score (nSPS) is 11.4. The highest BCUT2D eigenvalue weighted by molar-refractivity contribution is 7.90. The molecule has 2 aromatic carbocycles. The molecule has 0 spiro atoms. The van der Waals surface area contributed by atoms with Gasteiger partial charge in [0.15, 0.2) is 5.03 Å². The van der Waals surface area contributed by atoms with E-state index in [4.69, 9.17) is 21.1 Å². The number of pyridine rings is 2. The number of carbonyl (C=O) groups excluding carboxylic acids is 1. The third kappa shape index (κ3) is 7.23. The number of hydrogen-bond acceptors (Lipinski definition) is 7. The second-order valence-corrected chi connectivity index (χ2v) is 12.3. The Bertz CT molecular complexity index is 1700. The minimum absolute atomic E-state index is 0.0537. The Labute approximate surface area is 245 Å². The minimum Gasteiger partial charge on any atom is -0.492 e. The highest BCUT2D eigenvalue weighted by atomic mass is 35.5. The van der Waals surface area contributed by atoms with E-state index in [2.05, 4.69) is 14.7 Å². The number of benzene rings is 2. The van der Waals surface area contributed by atoms with Crippen LogP contribution in [0, 0.1) is 33.6 Å². The van der Waals surface area contributed by atoms with Crippen molar-refractivity contribution in [3.63, 3.8) is 0 Å². The summed E-state index contributed by atoms with van der Waals surface area (Å²) in [5.41, 5.74) is 4.34. The lowest BCUT2D eigenvalue weighted by Gasteiger charge is -2.16. The van der Waals surface area contributed by atoms with Crippen molar-refractivity contribution in [3.8, 4) is 28.6 Å². The maximum Gasteiger partial charge on any atom is 0.281 e. The average molecular weight is 594 g/mol. The highest BCUT2D eigenvalue weighted by Crippen LogP contribution is 2.35. The van der Waals surface area contributed by atoms with E-state index >= 15 is 0 Å². The molecule has 0 saturated heterocycles. The number of carbonyl (C=O) groups is 1. The van der Waals surface area contributed by atoms with E-state index in [9.17, 15) is 13.2 Å². The van der Waals surface area contributed by atoms with Crippen LogP contribution in [-0.4, -0.2) is 30.9 Å². The molecule has 2 aromatic heterocycles. The number of ether oxygens (including phenoxy) is 2. The van der Waals surface area contributed by atoms with Crippen molar-refractivity contribution < 1.29 is 22.7 Å². The SMILES string of the molecule is Cc1cc(C)c(Oc2nc(-c3ccc(Cl)c(OCC(C)C)c3)ccc2C(=O)NS(=O)(=O)c2cccc(C)n2)c(C)c1. The van der Waals surface area contributed by atoms with Gasteiger partial charge in [0, 0.05) is 11.3 Å². The molecule has 0 bridgehead atoms. The van der Waals surface area contributed by atoms with Gasteiger partial charge in [0.25, 0.3) is 15.9 Å². The third-order valence-corrected chi connectivity index (χ3v) is 7.62. The molecule has 2 heterocycles. The van der Waals surface area contributed by atoms with Gasteiger partial charge in [-0.2, -0.15) is 8.42 Å². The van der Waals surface area contributed by atoms with Crippen LogP contribution in [0.15, 0.2) is 65.7 Å². The summed E-state index contributed by atoms with van der Waals surface area (Å²) in [7, 11) is -4.25. The summed E-state index contributed by atoms with van der Waals surface area (Å²) in [4.78, 5) is 22.1. The predicted octanol–water partition coefficient (Wildman–Crippen LogP) is 6.98. The van der Waals surface area contributed by atoms with Crippen molar-refractivity contribution in [1.29, 1.82) is 0 Å². The number of halogens is 1. The van der Waals surface area contributed by atoms with Crippen LogP contribution < -0.4 is 14.2 Å². The third-order valence-electron chi connectivity index (χ3n) is 6.07. The van der Waals surface area contributed by atoms with E-state index in [1.807, 2.05) is 46.8 Å². The van der Waals surface area contributed by atoms with E-state index in [1.165, 1.54) is 12.1 Å². The molecule has 0 unspecified atom stereocenters. The van der Waals surface area contributed by atoms with E-state index < -0.39 is 15.9 Å². The molecule has 4 rings (SSSR count). The molecule has 0 fully saturated rings. The van der Waals surface area contributed by atoms with Crippen LogP contribution in [0.4, 0.5) is 0 Å². The van der Waals surface area contributed by atoms with Gasteiger partial charge in [0.2, 0.25) is 5.88 Å². The Morgan fingerprint density at radius 3 is 2.32 bits per heavy atom. The summed E-state index contributed by atoms with van der Waals surface area (Å²) in [5.74, 6) is 0.377. The number of nitrogens with zero attached hydrogens (tertiary/aromatic N) is 2. The molecule has 1 N–H and O–H groups in total. The van der Waals surface area contributed by atoms with Gasteiger partial charge >= 0.3 is 0 Å². The van der Waals surface area contributed by atoms with Gasteiger partial charge in [-0.05, 0) is 81.1 Å². The van der Waals surface area contributed by atoms with Crippen molar-refractivity contribution in [2.45, 2.75) is 46.6 Å². The van der Waals surface area contributed by atoms with Crippen molar-refractivity contribution in [1.82, 2.24) is 14.7 Å². The van der Waals surface area contributed by atoms with Gasteiger partial charge in [0.05, 0.1) is 17.3 Å². The fourth-order valence-electron chi connectivity index (χ4n) is 4.20. The zero-order valence-electron chi connectivity index (χ0n) is 23.8. The molecular formula is C31H32ClN3O5S. The summed E-state index contributed by atoms with van der Waals surface area (Å²) < 4.78 is 40.1. The number of nitrogens with one attached hydrogen (secondary N) is 1. The molecule has 0 aliphatic rings. The predicted molar refractivity (Wildman–Crippen MR) is 159 cm³/mol. The minimum atomic E-state index is -4.25. The van der Waals surface area contributed by atoms with E-state index in [1.54, 1.807) is 43.3 Å². The lowest BCUT2D eigenvalue weighted by atomic mass is 10.1. The topological polar surface area (TPSA) is 107 Å². The summed E-state index contributed by atoms with van der Waals surface area (Å²) in [6, 6.07) is 16.8. The first kappa shape index (κ1) is 30.0. The molecule has 4 aromatic rings. The fourth-order valence-corrected chi connectivity index (χ4v) is 5.36. The molecular weight excluding hydrogens is 562 g/mol. The van der Waals surface area contributed by atoms with Crippen LogP contribution in [0.25, 0.3) is 11.3 Å². The zero-order chi connectivity index (χ0) is 29.9. The van der Waals surface area contributed by atoms with E-state index in [0.29, 0.717) is 46.0 Å². The molecule has 1 amide bonds. The molecule has 8 nitrogen and oxygen atoms in total.